The molecular weight excluding hydrogens is 531 g/mol. The lowest BCUT2D eigenvalue weighted by molar-refractivity contribution is -0.120. The van der Waals surface area contributed by atoms with E-state index in [1.54, 1.807) is 22.8 Å². The van der Waals surface area contributed by atoms with Crippen LogP contribution < -0.4 is 15.0 Å². The lowest BCUT2D eigenvalue weighted by Gasteiger charge is -2.35. The minimum atomic E-state index is 0. The number of carbonyl (C=O) groups is 1. The summed E-state index contributed by atoms with van der Waals surface area (Å²) in [4.78, 5) is 20.8. The van der Waals surface area contributed by atoms with E-state index < -0.39 is 0 Å². The molecule has 0 radical (unpaired) electrons. The van der Waals surface area contributed by atoms with Crippen molar-refractivity contribution in [3.8, 4) is 5.75 Å². The molecule has 0 spiro atoms. The SMILES string of the molecule is CN=C(NCc1cccc(COc2ccccc2)c1)N1CCN(c2cnn(C)c2)C(=O)C1.I. The van der Waals surface area contributed by atoms with Gasteiger partial charge in [-0.15, -0.1) is 24.0 Å². The molecule has 1 aliphatic rings. The third kappa shape index (κ3) is 6.47. The Balaban J connectivity index is 0.00000306. The summed E-state index contributed by atoms with van der Waals surface area (Å²) in [6, 6.07) is 18.1. The van der Waals surface area contributed by atoms with Crippen LogP contribution in [-0.4, -0.2) is 53.2 Å². The van der Waals surface area contributed by atoms with Crippen LogP contribution in [0.3, 0.4) is 0 Å². The van der Waals surface area contributed by atoms with E-state index in [1.165, 1.54) is 0 Å². The number of halogens is 1. The fourth-order valence-electron chi connectivity index (χ4n) is 3.70. The summed E-state index contributed by atoms with van der Waals surface area (Å²) in [5.74, 6) is 1.61. The van der Waals surface area contributed by atoms with Crippen molar-refractivity contribution in [3.63, 3.8) is 0 Å². The number of anilines is 1. The highest BCUT2D eigenvalue weighted by Gasteiger charge is 2.27. The number of amides is 1. The van der Waals surface area contributed by atoms with Crippen LogP contribution in [0.4, 0.5) is 5.69 Å². The summed E-state index contributed by atoms with van der Waals surface area (Å²) < 4.78 is 7.55. The second kappa shape index (κ2) is 11.7. The van der Waals surface area contributed by atoms with Crippen LogP contribution >= 0.6 is 24.0 Å². The Labute approximate surface area is 211 Å². The van der Waals surface area contributed by atoms with Crippen LogP contribution in [0.2, 0.25) is 0 Å². The lowest BCUT2D eigenvalue weighted by atomic mass is 10.1. The second-order valence-corrected chi connectivity index (χ2v) is 7.66. The highest BCUT2D eigenvalue weighted by atomic mass is 127. The Morgan fingerprint density at radius 1 is 1.12 bits per heavy atom. The first-order valence-electron chi connectivity index (χ1n) is 10.6. The van der Waals surface area contributed by atoms with Gasteiger partial charge < -0.3 is 19.9 Å². The number of aliphatic imine (C=N–C) groups is 1. The smallest absolute Gasteiger partial charge is 0.246 e. The Hall–Kier alpha value is -3.08. The third-order valence-electron chi connectivity index (χ3n) is 5.33. The molecule has 1 saturated heterocycles. The van der Waals surface area contributed by atoms with Gasteiger partial charge in [0, 0.05) is 39.9 Å². The van der Waals surface area contributed by atoms with E-state index in [1.807, 2.05) is 54.5 Å². The molecule has 1 N–H and O–H groups in total. The number of nitrogens with zero attached hydrogens (tertiary/aromatic N) is 5. The minimum absolute atomic E-state index is 0. The van der Waals surface area contributed by atoms with Crippen LogP contribution in [0.1, 0.15) is 11.1 Å². The summed E-state index contributed by atoms with van der Waals surface area (Å²) in [7, 11) is 3.59. The molecule has 8 nitrogen and oxygen atoms in total. The number of hydrogen-bond donors (Lipinski definition) is 1. The van der Waals surface area contributed by atoms with Crippen LogP contribution in [0, 0.1) is 0 Å². The molecular formula is C24H29IN6O2. The van der Waals surface area contributed by atoms with Crippen molar-refractivity contribution in [1.82, 2.24) is 20.0 Å². The largest absolute Gasteiger partial charge is 0.489 e. The van der Waals surface area contributed by atoms with Gasteiger partial charge in [-0.2, -0.15) is 5.10 Å². The van der Waals surface area contributed by atoms with Gasteiger partial charge in [-0.3, -0.25) is 14.5 Å². The first-order valence-corrected chi connectivity index (χ1v) is 10.6. The maximum Gasteiger partial charge on any atom is 0.246 e. The van der Waals surface area contributed by atoms with Gasteiger partial charge in [-0.05, 0) is 23.3 Å². The Morgan fingerprint density at radius 2 is 1.91 bits per heavy atom. The Bertz CT molecular complexity index is 1090. The summed E-state index contributed by atoms with van der Waals surface area (Å²) in [5, 5.41) is 7.54. The molecule has 0 aliphatic carbocycles. The van der Waals surface area contributed by atoms with E-state index in [9.17, 15) is 4.79 Å². The van der Waals surface area contributed by atoms with Crippen molar-refractivity contribution >= 4 is 41.5 Å². The average molecular weight is 560 g/mol. The predicted octanol–water partition coefficient (Wildman–Crippen LogP) is 3.04. The van der Waals surface area contributed by atoms with Crippen molar-refractivity contribution in [2.75, 3.05) is 31.6 Å². The number of carbonyl (C=O) groups excluding carboxylic acids is 1. The van der Waals surface area contributed by atoms with Crippen molar-refractivity contribution in [2.24, 2.45) is 12.0 Å². The highest BCUT2D eigenvalue weighted by molar-refractivity contribution is 14.0. The normalized spacial score (nSPS) is 14.1. The first kappa shape index (κ1) is 24.6. The summed E-state index contributed by atoms with van der Waals surface area (Å²) in [6.07, 6.45) is 3.57. The van der Waals surface area contributed by atoms with Gasteiger partial charge in [-0.25, -0.2) is 0 Å². The molecule has 1 aromatic heterocycles. The topological polar surface area (TPSA) is 75.0 Å². The van der Waals surface area contributed by atoms with Gasteiger partial charge >= 0.3 is 0 Å². The van der Waals surface area contributed by atoms with Crippen molar-refractivity contribution in [2.45, 2.75) is 13.2 Å². The molecule has 1 amide bonds. The zero-order valence-corrected chi connectivity index (χ0v) is 21.2. The number of aromatic nitrogens is 2. The van der Waals surface area contributed by atoms with Crippen molar-refractivity contribution in [3.05, 3.63) is 78.1 Å². The van der Waals surface area contributed by atoms with E-state index >= 15 is 0 Å². The number of aryl methyl sites for hydroxylation is 1. The lowest BCUT2D eigenvalue weighted by Crippen LogP contribution is -2.55. The third-order valence-corrected chi connectivity index (χ3v) is 5.33. The molecule has 0 atom stereocenters. The molecule has 1 fully saturated rings. The van der Waals surface area contributed by atoms with Gasteiger partial charge in [0.2, 0.25) is 5.91 Å². The molecule has 1 aliphatic heterocycles. The van der Waals surface area contributed by atoms with Crippen LogP contribution in [0.15, 0.2) is 72.0 Å². The molecule has 0 unspecified atom stereocenters. The Morgan fingerprint density at radius 3 is 2.61 bits per heavy atom. The molecule has 0 saturated carbocycles. The van der Waals surface area contributed by atoms with Gasteiger partial charge in [0.1, 0.15) is 18.9 Å². The number of guanidine groups is 1. The van der Waals surface area contributed by atoms with E-state index in [2.05, 4.69) is 33.6 Å². The molecule has 3 aromatic rings. The number of para-hydroxylation sites is 1. The second-order valence-electron chi connectivity index (χ2n) is 7.66. The van der Waals surface area contributed by atoms with Gasteiger partial charge in [0.15, 0.2) is 5.96 Å². The number of nitrogens with one attached hydrogen (secondary N) is 1. The zero-order chi connectivity index (χ0) is 22.3. The van der Waals surface area contributed by atoms with Gasteiger partial charge in [-0.1, -0.05) is 42.5 Å². The molecule has 9 heteroatoms. The van der Waals surface area contributed by atoms with Crippen LogP contribution in [-0.2, 0) is 25.0 Å². The van der Waals surface area contributed by atoms with E-state index in [4.69, 9.17) is 4.74 Å². The summed E-state index contributed by atoms with van der Waals surface area (Å²) in [6.45, 7) is 2.70. The quantitative estimate of drug-likeness (QED) is 0.285. The number of rotatable bonds is 6. The molecule has 174 valence electrons. The van der Waals surface area contributed by atoms with Gasteiger partial charge in [0.25, 0.3) is 0 Å². The van der Waals surface area contributed by atoms with Crippen molar-refractivity contribution < 1.29 is 9.53 Å². The predicted molar refractivity (Wildman–Crippen MR) is 140 cm³/mol. The zero-order valence-electron chi connectivity index (χ0n) is 18.8. The number of piperazine rings is 1. The molecule has 4 rings (SSSR count). The monoisotopic (exact) mass is 560 g/mol. The summed E-state index contributed by atoms with van der Waals surface area (Å²) in [5.41, 5.74) is 3.05. The maximum atomic E-state index is 12.7. The molecule has 2 heterocycles. The fraction of sp³-hybridized carbons (Fsp3) is 0.292. The van der Waals surface area contributed by atoms with E-state index in [0.717, 1.165) is 28.5 Å². The van der Waals surface area contributed by atoms with Gasteiger partial charge in [0.05, 0.1) is 11.9 Å². The number of hydrogen-bond acceptors (Lipinski definition) is 4. The molecule has 33 heavy (non-hydrogen) atoms. The molecule has 2 aromatic carbocycles. The number of ether oxygens (including phenoxy) is 1. The maximum absolute atomic E-state index is 12.7. The Kier molecular flexibility index (Phi) is 8.70. The first-order chi connectivity index (χ1) is 15.6. The summed E-state index contributed by atoms with van der Waals surface area (Å²) >= 11 is 0. The average Bonchev–Trinajstić information content (AvgIpc) is 3.25. The fourth-order valence-corrected chi connectivity index (χ4v) is 3.70. The van der Waals surface area contributed by atoms with Crippen molar-refractivity contribution in [1.29, 1.82) is 0 Å². The van der Waals surface area contributed by atoms with E-state index in [-0.39, 0.29) is 36.4 Å². The number of benzene rings is 2. The van der Waals surface area contributed by atoms with E-state index in [0.29, 0.717) is 26.2 Å². The van der Waals surface area contributed by atoms with Crippen LogP contribution in [0.5, 0.6) is 5.75 Å². The standard InChI is InChI=1S/C24H28N6O2.HI/c1-25-24(29-11-12-30(23(31)17-29)21-15-27-28(2)16-21)26-14-19-7-6-8-20(13-19)18-32-22-9-4-3-5-10-22;/h3-10,13,15-16H,11-12,14,17-18H2,1-2H3,(H,25,26);1H. The minimum Gasteiger partial charge on any atom is -0.489 e. The van der Waals surface area contributed by atoms with Crippen LogP contribution in [0.25, 0.3) is 0 Å². The highest BCUT2D eigenvalue weighted by Crippen LogP contribution is 2.16. The molecule has 0 bridgehead atoms.